The molecule has 1 aliphatic rings. The van der Waals surface area contributed by atoms with Crippen molar-refractivity contribution < 1.29 is 9.32 Å². The molecule has 5 rings (SSSR count). The van der Waals surface area contributed by atoms with Gasteiger partial charge in [0, 0.05) is 26.5 Å². The molecule has 3 N–H and O–H groups in total. The van der Waals surface area contributed by atoms with Crippen molar-refractivity contribution >= 4 is 11.9 Å². The van der Waals surface area contributed by atoms with Crippen LogP contribution in [0.4, 0.5) is 5.95 Å². The summed E-state index contributed by atoms with van der Waals surface area (Å²) in [6.07, 6.45) is 6.94. The van der Waals surface area contributed by atoms with Gasteiger partial charge in [-0.15, -0.1) is 0 Å². The van der Waals surface area contributed by atoms with Crippen LogP contribution in [0, 0.1) is 5.92 Å². The molecule has 180 valence electrons. The van der Waals surface area contributed by atoms with Crippen LogP contribution in [0.2, 0.25) is 0 Å². The fourth-order valence-corrected chi connectivity index (χ4v) is 4.21. The van der Waals surface area contributed by atoms with Crippen LogP contribution in [-0.2, 0) is 16.8 Å². The Hall–Kier alpha value is -4.28. The molecule has 0 aliphatic heterocycles. The Morgan fingerprint density at radius 2 is 1.97 bits per heavy atom. The molecule has 4 aromatic rings. The number of benzene rings is 1. The van der Waals surface area contributed by atoms with E-state index in [2.05, 4.69) is 27.1 Å². The largest absolute Gasteiger partial charge is 0.369 e. The molecule has 11 nitrogen and oxygen atoms in total. The van der Waals surface area contributed by atoms with E-state index in [1.54, 1.807) is 31.2 Å². The van der Waals surface area contributed by atoms with Crippen LogP contribution in [0.3, 0.4) is 0 Å². The van der Waals surface area contributed by atoms with Crippen LogP contribution >= 0.6 is 0 Å². The van der Waals surface area contributed by atoms with Gasteiger partial charge >= 0.3 is 0 Å². The summed E-state index contributed by atoms with van der Waals surface area (Å²) in [4.78, 5) is 37.0. The summed E-state index contributed by atoms with van der Waals surface area (Å²) in [7, 11) is 3.40. The first-order chi connectivity index (χ1) is 16.8. The average Bonchev–Trinajstić information content (AvgIpc) is 3.39. The third-order valence-electron chi connectivity index (χ3n) is 6.58. The Morgan fingerprint density at radius 1 is 1.23 bits per heavy atom. The second-order valence-corrected chi connectivity index (χ2v) is 9.20. The normalized spacial score (nSPS) is 15.1. The number of likely N-dealkylation sites (N-methyl/N-ethyl adjacent to an activating group) is 1. The number of rotatable bonds is 7. The summed E-state index contributed by atoms with van der Waals surface area (Å²) in [5.74, 6) is 1.34. The fraction of sp³-hybridized carbons (Fsp3) is 0.333. The van der Waals surface area contributed by atoms with E-state index < -0.39 is 5.41 Å². The lowest BCUT2D eigenvalue weighted by molar-refractivity contribution is -0.129. The zero-order chi connectivity index (χ0) is 24.7. The summed E-state index contributed by atoms with van der Waals surface area (Å²) in [6, 6.07) is 7.77. The number of H-pyrrole nitrogens is 1. The molecule has 0 radical (unpaired) electrons. The second-order valence-electron chi connectivity index (χ2n) is 9.20. The molecule has 3 heterocycles. The second kappa shape index (κ2) is 8.49. The van der Waals surface area contributed by atoms with Crippen LogP contribution in [0.1, 0.15) is 31.2 Å². The predicted octanol–water partition coefficient (Wildman–Crippen LogP) is 2.07. The lowest BCUT2D eigenvalue weighted by Gasteiger charge is -2.26. The molecule has 1 aromatic carbocycles. The molecule has 3 aromatic heterocycles. The van der Waals surface area contributed by atoms with E-state index in [1.165, 1.54) is 11.1 Å². The topological polar surface area (TPSA) is 149 Å². The fourth-order valence-electron chi connectivity index (χ4n) is 4.21. The monoisotopic (exact) mass is 474 g/mol. The van der Waals surface area contributed by atoms with Crippen molar-refractivity contribution in [3.8, 4) is 22.6 Å². The number of nitrogen functional groups attached to an aromatic ring is 1. The number of aromatic amines is 1. The van der Waals surface area contributed by atoms with Gasteiger partial charge in [-0.1, -0.05) is 29.4 Å². The van der Waals surface area contributed by atoms with E-state index in [9.17, 15) is 9.59 Å². The van der Waals surface area contributed by atoms with Gasteiger partial charge in [0.1, 0.15) is 6.54 Å². The maximum Gasteiger partial charge on any atom is 0.261 e. The van der Waals surface area contributed by atoms with E-state index in [0.717, 1.165) is 24.0 Å². The molecule has 0 spiro atoms. The van der Waals surface area contributed by atoms with Gasteiger partial charge in [-0.05, 0) is 36.8 Å². The first-order valence-corrected chi connectivity index (χ1v) is 11.3. The van der Waals surface area contributed by atoms with E-state index in [4.69, 9.17) is 15.2 Å². The first kappa shape index (κ1) is 22.5. The van der Waals surface area contributed by atoms with Gasteiger partial charge < -0.3 is 15.2 Å². The number of hydrogen-bond donors (Lipinski definition) is 2. The number of anilines is 1. The minimum absolute atomic E-state index is 0.0626. The standard InChI is InChI=1S/C24H26N8O3/c1-24(17-8-9-17,16-6-4-14(5-7-16)18-11-26-23(25)28-20(18)34)22-29-21(35-30-22)15-10-27-32(12-15)13-19(33)31(2)3/h4-7,10-12,17H,8-9,13H2,1-3H3,(H3,25,26,28,34)/t24-/m0/s1. The Kier molecular flexibility index (Phi) is 5.46. The van der Waals surface area contributed by atoms with E-state index >= 15 is 0 Å². The van der Waals surface area contributed by atoms with Gasteiger partial charge in [0.15, 0.2) is 11.8 Å². The molecule has 1 saturated carbocycles. The Bertz CT molecular complexity index is 1430. The number of nitrogens with zero attached hydrogens (tertiary/aromatic N) is 6. The zero-order valence-electron chi connectivity index (χ0n) is 19.7. The summed E-state index contributed by atoms with van der Waals surface area (Å²) in [6.45, 7) is 2.25. The maximum absolute atomic E-state index is 12.3. The summed E-state index contributed by atoms with van der Waals surface area (Å²) < 4.78 is 7.16. The molecule has 11 heteroatoms. The third-order valence-corrected chi connectivity index (χ3v) is 6.58. The summed E-state index contributed by atoms with van der Waals surface area (Å²) >= 11 is 0. The number of carbonyl (C=O) groups is 1. The molecule has 0 unspecified atom stereocenters. The highest BCUT2D eigenvalue weighted by Gasteiger charge is 2.47. The molecule has 35 heavy (non-hydrogen) atoms. The van der Waals surface area contributed by atoms with Crippen molar-refractivity contribution in [3.05, 3.63) is 64.6 Å². The lowest BCUT2D eigenvalue weighted by Crippen LogP contribution is -2.28. The van der Waals surface area contributed by atoms with Gasteiger partial charge in [0.25, 0.3) is 11.4 Å². The number of nitrogens with one attached hydrogen (secondary N) is 1. The van der Waals surface area contributed by atoms with Crippen molar-refractivity contribution in [1.29, 1.82) is 0 Å². The highest BCUT2D eigenvalue weighted by molar-refractivity contribution is 5.75. The SMILES string of the molecule is CN(C)C(=O)Cn1cc(-c2nc([C@@](C)(c3ccc(-c4cnc(N)[nH]c4=O)cc3)C3CC3)no2)cn1. The van der Waals surface area contributed by atoms with Crippen LogP contribution < -0.4 is 11.3 Å². The molecule has 1 aliphatic carbocycles. The number of hydrogen-bond acceptors (Lipinski definition) is 8. The van der Waals surface area contributed by atoms with Crippen molar-refractivity contribution in [2.75, 3.05) is 19.8 Å². The minimum Gasteiger partial charge on any atom is -0.369 e. The van der Waals surface area contributed by atoms with Gasteiger partial charge in [-0.2, -0.15) is 10.1 Å². The molecule has 1 fully saturated rings. The van der Waals surface area contributed by atoms with E-state index in [1.807, 2.05) is 24.3 Å². The average molecular weight is 475 g/mol. The minimum atomic E-state index is -0.455. The number of aromatic nitrogens is 6. The van der Waals surface area contributed by atoms with Crippen molar-refractivity contribution in [3.63, 3.8) is 0 Å². The van der Waals surface area contributed by atoms with Crippen LogP contribution in [0.25, 0.3) is 22.6 Å². The van der Waals surface area contributed by atoms with Crippen molar-refractivity contribution in [1.82, 2.24) is 34.8 Å². The van der Waals surface area contributed by atoms with Crippen molar-refractivity contribution in [2.24, 2.45) is 5.92 Å². The molecule has 0 saturated heterocycles. The number of carbonyl (C=O) groups excluding carboxylic acids is 1. The molecule has 1 atom stereocenters. The third kappa shape index (κ3) is 4.20. The Balaban J connectivity index is 1.43. The van der Waals surface area contributed by atoms with Crippen molar-refractivity contribution in [2.45, 2.75) is 31.7 Å². The van der Waals surface area contributed by atoms with Crippen LogP contribution in [-0.4, -0.2) is 54.8 Å². The molecule has 1 amide bonds. The zero-order valence-corrected chi connectivity index (χ0v) is 19.7. The van der Waals surface area contributed by atoms with E-state index in [-0.39, 0.29) is 24.0 Å². The van der Waals surface area contributed by atoms with E-state index in [0.29, 0.717) is 28.8 Å². The predicted molar refractivity (Wildman–Crippen MR) is 128 cm³/mol. The molecular formula is C24H26N8O3. The Morgan fingerprint density at radius 3 is 2.63 bits per heavy atom. The number of amides is 1. The van der Waals surface area contributed by atoms with Crippen LogP contribution in [0.5, 0.6) is 0 Å². The first-order valence-electron chi connectivity index (χ1n) is 11.3. The highest BCUT2D eigenvalue weighted by atomic mass is 16.5. The summed E-state index contributed by atoms with van der Waals surface area (Å²) in [5.41, 5.74) is 7.69. The summed E-state index contributed by atoms with van der Waals surface area (Å²) in [5, 5.41) is 8.57. The highest BCUT2D eigenvalue weighted by Crippen LogP contribution is 2.50. The maximum atomic E-state index is 12.3. The number of nitrogens with two attached hydrogens (primary N) is 1. The van der Waals surface area contributed by atoms with Gasteiger partial charge in [-0.25, -0.2) is 4.98 Å². The Labute approximate surface area is 201 Å². The smallest absolute Gasteiger partial charge is 0.261 e. The molecular weight excluding hydrogens is 448 g/mol. The van der Waals surface area contributed by atoms with Gasteiger partial charge in [0.05, 0.1) is 22.7 Å². The molecule has 0 bridgehead atoms. The van der Waals surface area contributed by atoms with Crippen LogP contribution in [0.15, 0.2) is 52.2 Å². The van der Waals surface area contributed by atoms with Gasteiger partial charge in [0.2, 0.25) is 5.91 Å². The quantitative estimate of drug-likeness (QED) is 0.413. The van der Waals surface area contributed by atoms with Gasteiger partial charge in [-0.3, -0.25) is 19.3 Å². The lowest BCUT2D eigenvalue weighted by atomic mass is 9.76.